The van der Waals surface area contributed by atoms with Crippen molar-refractivity contribution in [2.75, 3.05) is 6.54 Å². The van der Waals surface area contributed by atoms with E-state index in [9.17, 15) is 20.0 Å². The number of nitro groups is 1. The first-order chi connectivity index (χ1) is 9.58. The lowest BCUT2D eigenvalue weighted by atomic mass is 10.1. The number of carbonyl (C=O) groups is 1. The topological polar surface area (TPSA) is 108 Å². The number of nitro benzene ring substituents is 1. The number of non-ortho nitro benzene ring substituents is 1. The maximum absolute atomic E-state index is 11.9. The van der Waals surface area contributed by atoms with E-state index >= 15 is 0 Å². The molecule has 1 aromatic carbocycles. The van der Waals surface area contributed by atoms with Crippen LogP contribution in [0.25, 0.3) is 0 Å². The molecular formula is C13H13N3O4. The van der Waals surface area contributed by atoms with Gasteiger partial charge in [-0.2, -0.15) is 0 Å². The van der Waals surface area contributed by atoms with Gasteiger partial charge in [-0.25, -0.2) is 0 Å². The number of aromatic nitrogens is 1. The molecule has 0 spiro atoms. The van der Waals surface area contributed by atoms with Crippen LogP contribution in [0.3, 0.4) is 0 Å². The molecule has 1 aromatic heterocycles. The van der Waals surface area contributed by atoms with Crippen LogP contribution in [0.2, 0.25) is 0 Å². The molecule has 0 aliphatic rings. The highest BCUT2D eigenvalue weighted by Gasteiger charge is 2.16. The lowest BCUT2D eigenvalue weighted by molar-refractivity contribution is -0.384. The summed E-state index contributed by atoms with van der Waals surface area (Å²) in [5, 5.41) is 22.8. The average molecular weight is 275 g/mol. The third kappa shape index (κ3) is 3.14. The third-order valence-corrected chi connectivity index (χ3v) is 2.78. The summed E-state index contributed by atoms with van der Waals surface area (Å²) in [4.78, 5) is 24.9. The minimum atomic E-state index is -0.616. The molecule has 104 valence electrons. The van der Waals surface area contributed by atoms with E-state index in [1.54, 1.807) is 6.20 Å². The van der Waals surface area contributed by atoms with E-state index < -0.39 is 10.8 Å². The number of hydrogen-bond acceptors (Lipinski definition) is 4. The van der Waals surface area contributed by atoms with Crippen molar-refractivity contribution >= 4 is 11.6 Å². The second-order valence-corrected chi connectivity index (χ2v) is 4.16. The molecule has 0 saturated carbocycles. The van der Waals surface area contributed by atoms with Crippen molar-refractivity contribution in [3.63, 3.8) is 0 Å². The Labute approximate surface area is 114 Å². The maximum atomic E-state index is 11.9. The Hall–Kier alpha value is -2.83. The van der Waals surface area contributed by atoms with Crippen LogP contribution in [0, 0.1) is 10.1 Å². The van der Waals surface area contributed by atoms with Crippen molar-refractivity contribution in [3.8, 4) is 5.75 Å². The van der Waals surface area contributed by atoms with Crippen molar-refractivity contribution in [1.29, 1.82) is 0 Å². The first kappa shape index (κ1) is 13.6. The molecular weight excluding hydrogens is 262 g/mol. The van der Waals surface area contributed by atoms with Gasteiger partial charge in [-0.1, -0.05) is 0 Å². The van der Waals surface area contributed by atoms with Gasteiger partial charge in [0.25, 0.3) is 11.6 Å². The fraction of sp³-hybridized carbons (Fsp3) is 0.154. The van der Waals surface area contributed by atoms with E-state index in [1.165, 1.54) is 0 Å². The Morgan fingerprint density at radius 2 is 2.20 bits per heavy atom. The van der Waals surface area contributed by atoms with Gasteiger partial charge in [-0.3, -0.25) is 14.9 Å². The smallest absolute Gasteiger partial charge is 0.270 e. The highest BCUT2D eigenvalue weighted by molar-refractivity contribution is 5.97. The minimum absolute atomic E-state index is 0.106. The molecule has 0 aliphatic carbocycles. The van der Waals surface area contributed by atoms with Crippen molar-refractivity contribution in [2.24, 2.45) is 0 Å². The summed E-state index contributed by atoms with van der Waals surface area (Å²) < 4.78 is 0. The summed E-state index contributed by atoms with van der Waals surface area (Å²) in [6.45, 7) is 0.363. The van der Waals surface area contributed by atoms with Crippen molar-refractivity contribution < 1.29 is 14.8 Å². The van der Waals surface area contributed by atoms with E-state index in [0.29, 0.717) is 13.0 Å². The molecule has 0 fully saturated rings. The standard InChI is InChI=1S/C13H13N3O4/c17-12-4-3-10(16(19)20)8-11(12)13(18)15-7-5-9-2-1-6-14-9/h1-4,6,8,14,17H,5,7H2,(H,15,18). The molecule has 20 heavy (non-hydrogen) atoms. The Bertz CT molecular complexity index is 623. The van der Waals surface area contributed by atoms with Crippen LogP contribution in [0.5, 0.6) is 5.75 Å². The van der Waals surface area contributed by atoms with E-state index in [4.69, 9.17) is 0 Å². The average Bonchev–Trinajstić information content (AvgIpc) is 2.92. The minimum Gasteiger partial charge on any atom is -0.507 e. The van der Waals surface area contributed by atoms with Crippen LogP contribution in [0.1, 0.15) is 16.1 Å². The van der Waals surface area contributed by atoms with Gasteiger partial charge in [-0.05, 0) is 18.2 Å². The summed E-state index contributed by atoms with van der Waals surface area (Å²) in [5.41, 5.74) is 0.622. The molecule has 1 heterocycles. The van der Waals surface area contributed by atoms with Crippen LogP contribution in [0.4, 0.5) is 5.69 Å². The highest BCUT2D eigenvalue weighted by atomic mass is 16.6. The number of rotatable bonds is 5. The summed E-state index contributed by atoms with van der Waals surface area (Å²) in [7, 11) is 0. The summed E-state index contributed by atoms with van der Waals surface area (Å²) in [6, 6.07) is 7.07. The van der Waals surface area contributed by atoms with Crippen LogP contribution >= 0.6 is 0 Å². The molecule has 1 amide bonds. The maximum Gasteiger partial charge on any atom is 0.270 e. The van der Waals surface area contributed by atoms with Crippen LogP contribution in [-0.4, -0.2) is 27.5 Å². The number of nitrogens with zero attached hydrogens (tertiary/aromatic N) is 1. The number of nitrogens with one attached hydrogen (secondary N) is 2. The van der Waals surface area contributed by atoms with Crippen molar-refractivity contribution in [1.82, 2.24) is 10.3 Å². The molecule has 7 heteroatoms. The van der Waals surface area contributed by atoms with Crippen molar-refractivity contribution in [2.45, 2.75) is 6.42 Å². The van der Waals surface area contributed by atoms with E-state index in [1.807, 2.05) is 12.1 Å². The van der Waals surface area contributed by atoms with Gasteiger partial charge in [0.15, 0.2) is 0 Å². The SMILES string of the molecule is O=C(NCCc1ccc[nH]1)c1cc([N+](=O)[O-])ccc1O. The second kappa shape index (κ2) is 5.87. The van der Waals surface area contributed by atoms with Gasteiger partial charge in [0.2, 0.25) is 0 Å². The number of benzene rings is 1. The largest absolute Gasteiger partial charge is 0.507 e. The fourth-order valence-corrected chi connectivity index (χ4v) is 1.75. The van der Waals surface area contributed by atoms with E-state index in [2.05, 4.69) is 10.3 Å². The number of H-pyrrole nitrogens is 1. The number of hydrogen-bond donors (Lipinski definition) is 3. The van der Waals surface area contributed by atoms with Gasteiger partial charge < -0.3 is 15.4 Å². The van der Waals surface area contributed by atoms with Gasteiger partial charge >= 0.3 is 0 Å². The zero-order valence-corrected chi connectivity index (χ0v) is 10.5. The van der Waals surface area contributed by atoms with Gasteiger partial charge in [-0.15, -0.1) is 0 Å². The normalized spacial score (nSPS) is 10.2. The molecule has 2 aromatic rings. The quantitative estimate of drug-likeness (QED) is 0.568. The Morgan fingerprint density at radius 3 is 2.85 bits per heavy atom. The third-order valence-electron chi connectivity index (χ3n) is 2.78. The van der Waals surface area contributed by atoms with E-state index in [0.717, 1.165) is 23.9 Å². The number of amides is 1. The number of aromatic amines is 1. The van der Waals surface area contributed by atoms with Crippen molar-refractivity contribution in [3.05, 3.63) is 57.9 Å². The zero-order chi connectivity index (χ0) is 14.5. The number of carbonyl (C=O) groups excluding carboxylic acids is 1. The van der Waals surface area contributed by atoms with E-state index in [-0.39, 0.29) is 17.0 Å². The first-order valence-electron chi connectivity index (χ1n) is 5.96. The number of phenolic OH excluding ortho intramolecular Hbond substituents is 1. The highest BCUT2D eigenvalue weighted by Crippen LogP contribution is 2.22. The monoisotopic (exact) mass is 275 g/mol. The van der Waals surface area contributed by atoms with Gasteiger partial charge in [0.05, 0.1) is 10.5 Å². The predicted molar refractivity (Wildman–Crippen MR) is 71.6 cm³/mol. The second-order valence-electron chi connectivity index (χ2n) is 4.16. The predicted octanol–water partition coefficient (Wildman–Crippen LogP) is 1.60. The molecule has 2 rings (SSSR count). The summed E-state index contributed by atoms with van der Waals surface area (Å²) in [6.07, 6.45) is 2.39. The lowest BCUT2D eigenvalue weighted by Gasteiger charge is -2.06. The molecule has 0 radical (unpaired) electrons. The Balaban J connectivity index is 2.01. The summed E-state index contributed by atoms with van der Waals surface area (Å²) in [5.74, 6) is -0.828. The molecule has 0 saturated heterocycles. The van der Waals surface area contributed by atoms with Crippen LogP contribution in [0.15, 0.2) is 36.5 Å². The number of aromatic hydroxyl groups is 1. The summed E-state index contributed by atoms with van der Waals surface area (Å²) >= 11 is 0. The molecule has 0 aliphatic heterocycles. The van der Waals surface area contributed by atoms with Crippen LogP contribution in [-0.2, 0) is 6.42 Å². The molecule has 0 bridgehead atoms. The first-order valence-corrected chi connectivity index (χ1v) is 5.96. The Kier molecular flexibility index (Phi) is 3.99. The van der Waals surface area contributed by atoms with Crippen LogP contribution < -0.4 is 5.32 Å². The van der Waals surface area contributed by atoms with Gasteiger partial charge in [0.1, 0.15) is 5.75 Å². The fourth-order valence-electron chi connectivity index (χ4n) is 1.75. The zero-order valence-electron chi connectivity index (χ0n) is 10.5. The lowest BCUT2D eigenvalue weighted by Crippen LogP contribution is -2.25. The molecule has 7 nitrogen and oxygen atoms in total. The molecule has 0 unspecified atom stereocenters. The van der Waals surface area contributed by atoms with Gasteiger partial charge in [0, 0.05) is 37.0 Å². The molecule has 0 atom stereocenters. The molecule has 3 N–H and O–H groups in total. The Morgan fingerprint density at radius 1 is 1.40 bits per heavy atom. The number of phenols is 1.